The van der Waals surface area contributed by atoms with Crippen LogP contribution in [-0.2, 0) is 0 Å². The predicted molar refractivity (Wildman–Crippen MR) is 144 cm³/mol. The Bertz CT molecular complexity index is 1590. The second kappa shape index (κ2) is 10.5. The SMILES string of the molecule is O=C(c1ccccc1)c1ccccc1C#Cc1c(C(=O)c2ccccc2)cccc1-c1ccccc1. The van der Waals surface area contributed by atoms with Gasteiger partial charge in [0.2, 0.25) is 0 Å². The van der Waals surface area contributed by atoms with Gasteiger partial charge in [-0.2, -0.15) is 0 Å². The summed E-state index contributed by atoms with van der Waals surface area (Å²) in [4.78, 5) is 26.7. The summed E-state index contributed by atoms with van der Waals surface area (Å²) in [5.74, 6) is 6.31. The molecule has 36 heavy (non-hydrogen) atoms. The Morgan fingerprint density at radius 2 is 0.944 bits per heavy atom. The third-order valence-electron chi connectivity index (χ3n) is 5.96. The lowest BCUT2D eigenvalue weighted by Gasteiger charge is -2.11. The van der Waals surface area contributed by atoms with Gasteiger partial charge in [-0.3, -0.25) is 9.59 Å². The average Bonchev–Trinajstić information content (AvgIpc) is 2.96. The summed E-state index contributed by atoms with van der Waals surface area (Å²) in [5.41, 5.74) is 5.37. The highest BCUT2D eigenvalue weighted by Crippen LogP contribution is 2.27. The van der Waals surface area contributed by atoms with Crippen molar-refractivity contribution in [3.63, 3.8) is 0 Å². The van der Waals surface area contributed by atoms with Gasteiger partial charge in [-0.25, -0.2) is 0 Å². The third kappa shape index (κ3) is 4.78. The van der Waals surface area contributed by atoms with E-state index in [9.17, 15) is 9.59 Å². The van der Waals surface area contributed by atoms with Crippen molar-refractivity contribution in [3.05, 3.63) is 167 Å². The number of carbonyl (C=O) groups is 2. The molecule has 0 radical (unpaired) electrons. The van der Waals surface area contributed by atoms with Crippen LogP contribution in [0.5, 0.6) is 0 Å². The van der Waals surface area contributed by atoms with Gasteiger partial charge >= 0.3 is 0 Å². The Hall–Kier alpha value is -5.00. The van der Waals surface area contributed by atoms with Gasteiger partial charge in [0.25, 0.3) is 0 Å². The molecule has 0 saturated heterocycles. The van der Waals surface area contributed by atoms with Crippen molar-refractivity contribution >= 4 is 11.6 Å². The standard InChI is InChI=1S/C34H22O2/c35-33(27-16-6-2-7-17-27)30-20-11-10-15-26(30)23-24-31-29(25-13-4-1-5-14-25)21-12-22-32(31)34(36)28-18-8-3-9-19-28/h1-22H. The summed E-state index contributed by atoms with van der Waals surface area (Å²) in [6.45, 7) is 0. The van der Waals surface area contributed by atoms with Crippen molar-refractivity contribution < 1.29 is 9.59 Å². The third-order valence-corrected chi connectivity index (χ3v) is 5.96. The molecule has 170 valence electrons. The van der Waals surface area contributed by atoms with Gasteiger partial charge in [-0.05, 0) is 29.3 Å². The summed E-state index contributed by atoms with van der Waals surface area (Å²) in [7, 11) is 0. The van der Waals surface area contributed by atoms with Gasteiger partial charge < -0.3 is 0 Å². The van der Waals surface area contributed by atoms with E-state index >= 15 is 0 Å². The lowest BCUT2D eigenvalue weighted by Crippen LogP contribution is -2.06. The second-order valence-electron chi connectivity index (χ2n) is 8.28. The van der Waals surface area contributed by atoms with Crippen LogP contribution in [0, 0.1) is 11.8 Å². The summed E-state index contributed by atoms with van der Waals surface area (Å²) < 4.78 is 0. The first-order chi connectivity index (χ1) is 17.7. The van der Waals surface area contributed by atoms with Crippen LogP contribution in [0.15, 0.2) is 133 Å². The van der Waals surface area contributed by atoms with E-state index in [0.717, 1.165) is 11.1 Å². The van der Waals surface area contributed by atoms with E-state index in [-0.39, 0.29) is 11.6 Å². The maximum Gasteiger partial charge on any atom is 0.194 e. The highest BCUT2D eigenvalue weighted by Gasteiger charge is 2.17. The smallest absolute Gasteiger partial charge is 0.194 e. The quantitative estimate of drug-likeness (QED) is 0.204. The molecule has 0 heterocycles. The van der Waals surface area contributed by atoms with Crippen LogP contribution in [0.3, 0.4) is 0 Å². The van der Waals surface area contributed by atoms with Gasteiger partial charge in [-0.1, -0.05) is 127 Å². The molecule has 0 bridgehead atoms. The first-order valence-electron chi connectivity index (χ1n) is 11.7. The van der Waals surface area contributed by atoms with E-state index in [1.807, 2.05) is 115 Å². The van der Waals surface area contributed by atoms with Gasteiger partial charge in [0.1, 0.15) is 0 Å². The molecule has 0 fully saturated rings. The molecular weight excluding hydrogens is 440 g/mol. The monoisotopic (exact) mass is 462 g/mol. The van der Waals surface area contributed by atoms with E-state index in [1.165, 1.54) is 0 Å². The average molecular weight is 463 g/mol. The number of rotatable bonds is 5. The summed E-state index contributed by atoms with van der Waals surface area (Å²) in [5, 5.41) is 0. The van der Waals surface area contributed by atoms with E-state index < -0.39 is 0 Å². The highest BCUT2D eigenvalue weighted by atomic mass is 16.1. The Morgan fingerprint density at radius 1 is 0.444 bits per heavy atom. The van der Waals surface area contributed by atoms with Crippen LogP contribution in [0.1, 0.15) is 43.0 Å². The molecular formula is C34H22O2. The van der Waals surface area contributed by atoms with Crippen LogP contribution in [-0.4, -0.2) is 11.6 Å². The van der Waals surface area contributed by atoms with Crippen molar-refractivity contribution in [3.8, 4) is 23.0 Å². The minimum absolute atomic E-state index is 0.0857. The van der Waals surface area contributed by atoms with Gasteiger partial charge in [0.05, 0.1) is 0 Å². The Morgan fingerprint density at radius 3 is 1.58 bits per heavy atom. The predicted octanol–water partition coefficient (Wildman–Crippen LogP) is 7.22. The van der Waals surface area contributed by atoms with E-state index in [0.29, 0.717) is 33.4 Å². The number of hydrogen-bond acceptors (Lipinski definition) is 2. The minimum Gasteiger partial charge on any atom is -0.289 e. The number of hydrogen-bond donors (Lipinski definition) is 0. The van der Waals surface area contributed by atoms with E-state index in [2.05, 4.69) is 11.8 Å². The maximum absolute atomic E-state index is 13.5. The molecule has 0 atom stereocenters. The van der Waals surface area contributed by atoms with E-state index in [1.54, 1.807) is 18.2 Å². The fraction of sp³-hybridized carbons (Fsp3) is 0. The van der Waals surface area contributed by atoms with Crippen molar-refractivity contribution in [1.29, 1.82) is 0 Å². The molecule has 0 saturated carbocycles. The van der Waals surface area contributed by atoms with Gasteiger partial charge in [-0.15, -0.1) is 0 Å². The summed E-state index contributed by atoms with van der Waals surface area (Å²) >= 11 is 0. The molecule has 5 rings (SSSR count). The number of ketones is 2. The molecule has 0 unspecified atom stereocenters. The topological polar surface area (TPSA) is 34.1 Å². The normalized spacial score (nSPS) is 10.2. The molecule has 5 aromatic carbocycles. The van der Waals surface area contributed by atoms with Crippen LogP contribution in [0.2, 0.25) is 0 Å². The lowest BCUT2D eigenvalue weighted by molar-refractivity contribution is 0.103. The number of carbonyl (C=O) groups excluding carboxylic acids is 2. The molecule has 0 aliphatic heterocycles. The zero-order chi connectivity index (χ0) is 24.7. The van der Waals surface area contributed by atoms with Gasteiger partial charge in [0.15, 0.2) is 11.6 Å². The number of benzene rings is 5. The molecule has 5 aromatic rings. The lowest BCUT2D eigenvalue weighted by atomic mass is 9.91. The van der Waals surface area contributed by atoms with Crippen molar-refractivity contribution in [2.24, 2.45) is 0 Å². The Kier molecular flexibility index (Phi) is 6.65. The Balaban J connectivity index is 1.66. The first-order valence-corrected chi connectivity index (χ1v) is 11.7. The zero-order valence-electron chi connectivity index (χ0n) is 19.5. The summed E-state index contributed by atoms with van der Waals surface area (Å²) in [6.07, 6.45) is 0. The molecule has 0 spiro atoms. The molecule has 2 nitrogen and oxygen atoms in total. The molecule has 0 aliphatic rings. The highest BCUT2D eigenvalue weighted by molar-refractivity contribution is 6.12. The molecule has 0 aromatic heterocycles. The van der Waals surface area contributed by atoms with Crippen LogP contribution >= 0.6 is 0 Å². The largest absolute Gasteiger partial charge is 0.289 e. The maximum atomic E-state index is 13.5. The van der Waals surface area contributed by atoms with E-state index in [4.69, 9.17) is 0 Å². The molecule has 0 amide bonds. The van der Waals surface area contributed by atoms with Crippen molar-refractivity contribution in [1.82, 2.24) is 0 Å². The van der Waals surface area contributed by atoms with Crippen molar-refractivity contribution in [2.45, 2.75) is 0 Å². The van der Waals surface area contributed by atoms with Crippen LogP contribution in [0.4, 0.5) is 0 Å². The fourth-order valence-electron chi connectivity index (χ4n) is 4.14. The molecule has 0 aliphatic carbocycles. The fourth-order valence-corrected chi connectivity index (χ4v) is 4.14. The second-order valence-corrected chi connectivity index (χ2v) is 8.28. The van der Waals surface area contributed by atoms with Gasteiger partial charge in [0, 0.05) is 33.4 Å². The summed E-state index contributed by atoms with van der Waals surface area (Å²) in [6, 6.07) is 41.3. The van der Waals surface area contributed by atoms with Crippen molar-refractivity contribution in [2.75, 3.05) is 0 Å². The molecule has 2 heteroatoms. The first kappa shape index (κ1) is 22.8. The van der Waals surface area contributed by atoms with Crippen LogP contribution in [0.25, 0.3) is 11.1 Å². The Labute approximate surface area is 210 Å². The zero-order valence-corrected chi connectivity index (χ0v) is 19.5. The molecule has 0 N–H and O–H groups in total. The minimum atomic E-state index is -0.0914. The van der Waals surface area contributed by atoms with Crippen LogP contribution < -0.4 is 0 Å².